The first-order valence-corrected chi connectivity index (χ1v) is 9.00. The number of hydrazone groups is 1. The average Bonchev–Trinajstić information content (AvgIpc) is 2.67. The molecule has 2 aromatic rings. The van der Waals surface area contributed by atoms with Crippen molar-refractivity contribution in [1.82, 2.24) is 5.43 Å². The molecule has 2 aromatic carbocycles. The first-order chi connectivity index (χ1) is 12.5. The maximum absolute atomic E-state index is 12.2. The second-order valence-corrected chi connectivity index (χ2v) is 6.17. The highest BCUT2D eigenvalue weighted by Crippen LogP contribution is 2.15. The van der Waals surface area contributed by atoms with Crippen molar-refractivity contribution in [3.8, 4) is 5.75 Å². The second kappa shape index (κ2) is 9.61. The van der Waals surface area contributed by atoms with Crippen LogP contribution in [-0.2, 0) is 6.42 Å². The SMILES string of the molecule is CCN(CC)c1ccc(C(=O)N/N=C(/C)CCc2ccc(O)cc2)cc1. The van der Waals surface area contributed by atoms with Gasteiger partial charge < -0.3 is 10.0 Å². The van der Waals surface area contributed by atoms with E-state index < -0.39 is 0 Å². The van der Waals surface area contributed by atoms with Crippen molar-refractivity contribution < 1.29 is 9.90 Å². The Labute approximate surface area is 155 Å². The minimum absolute atomic E-state index is 0.208. The normalized spacial score (nSPS) is 11.3. The van der Waals surface area contributed by atoms with Crippen LogP contribution in [0.15, 0.2) is 53.6 Å². The van der Waals surface area contributed by atoms with Crippen molar-refractivity contribution in [3.63, 3.8) is 0 Å². The number of carbonyl (C=O) groups is 1. The molecule has 5 heteroatoms. The predicted molar refractivity (Wildman–Crippen MR) is 107 cm³/mol. The van der Waals surface area contributed by atoms with Crippen molar-refractivity contribution in [2.24, 2.45) is 5.10 Å². The minimum Gasteiger partial charge on any atom is -0.508 e. The van der Waals surface area contributed by atoms with E-state index in [2.05, 4.69) is 29.3 Å². The van der Waals surface area contributed by atoms with Gasteiger partial charge in [-0.2, -0.15) is 5.10 Å². The fraction of sp³-hybridized carbons (Fsp3) is 0.333. The van der Waals surface area contributed by atoms with Gasteiger partial charge in [-0.15, -0.1) is 0 Å². The number of carbonyl (C=O) groups excluding carboxylic acids is 1. The molecule has 0 unspecified atom stereocenters. The molecule has 0 heterocycles. The van der Waals surface area contributed by atoms with Crippen LogP contribution in [0.25, 0.3) is 0 Å². The van der Waals surface area contributed by atoms with Gasteiger partial charge in [0.2, 0.25) is 0 Å². The van der Waals surface area contributed by atoms with Crippen LogP contribution >= 0.6 is 0 Å². The molecule has 0 fully saturated rings. The smallest absolute Gasteiger partial charge is 0.271 e. The van der Waals surface area contributed by atoms with E-state index in [4.69, 9.17) is 0 Å². The highest BCUT2D eigenvalue weighted by molar-refractivity contribution is 5.95. The van der Waals surface area contributed by atoms with Crippen molar-refractivity contribution in [2.45, 2.75) is 33.6 Å². The summed E-state index contributed by atoms with van der Waals surface area (Å²) >= 11 is 0. The van der Waals surface area contributed by atoms with Gasteiger partial charge in [0, 0.05) is 30.1 Å². The van der Waals surface area contributed by atoms with Crippen LogP contribution in [0.4, 0.5) is 5.69 Å². The van der Waals surface area contributed by atoms with Gasteiger partial charge in [0.1, 0.15) is 5.75 Å². The molecule has 5 nitrogen and oxygen atoms in total. The Morgan fingerprint density at radius 3 is 2.23 bits per heavy atom. The number of nitrogens with zero attached hydrogens (tertiary/aromatic N) is 2. The number of amides is 1. The fourth-order valence-electron chi connectivity index (χ4n) is 2.67. The molecular weight excluding hydrogens is 326 g/mol. The molecule has 138 valence electrons. The molecule has 2 N–H and O–H groups in total. The molecule has 2 rings (SSSR count). The van der Waals surface area contributed by atoms with Gasteiger partial charge in [0.25, 0.3) is 5.91 Å². The monoisotopic (exact) mass is 353 g/mol. The third kappa shape index (κ3) is 5.62. The quantitative estimate of drug-likeness (QED) is 0.557. The summed E-state index contributed by atoms with van der Waals surface area (Å²) in [6.45, 7) is 7.99. The van der Waals surface area contributed by atoms with Crippen LogP contribution in [0, 0.1) is 0 Å². The van der Waals surface area contributed by atoms with Crippen molar-refractivity contribution >= 4 is 17.3 Å². The van der Waals surface area contributed by atoms with Crippen LogP contribution in [0.1, 0.15) is 43.1 Å². The number of hydrogen-bond acceptors (Lipinski definition) is 4. The lowest BCUT2D eigenvalue weighted by Gasteiger charge is -2.20. The van der Waals surface area contributed by atoms with Crippen LogP contribution in [0.3, 0.4) is 0 Å². The Hall–Kier alpha value is -2.82. The minimum atomic E-state index is -0.208. The number of nitrogens with one attached hydrogen (secondary N) is 1. The summed E-state index contributed by atoms with van der Waals surface area (Å²) in [7, 11) is 0. The Bertz CT molecular complexity index is 733. The zero-order valence-electron chi connectivity index (χ0n) is 15.7. The van der Waals surface area contributed by atoms with E-state index in [9.17, 15) is 9.90 Å². The fourth-order valence-corrected chi connectivity index (χ4v) is 2.67. The lowest BCUT2D eigenvalue weighted by atomic mass is 10.1. The zero-order valence-corrected chi connectivity index (χ0v) is 15.7. The number of hydrogen-bond donors (Lipinski definition) is 2. The third-order valence-electron chi connectivity index (χ3n) is 4.32. The first kappa shape index (κ1) is 19.5. The molecule has 0 saturated carbocycles. The topological polar surface area (TPSA) is 64.9 Å². The van der Waals surface area contributed by atoms with Crippen LogP contribution < -0.4 is 10.3 Å². The lowest BCUT2D eigenvalue weighted by Crippen LogP contribution is -2.22. The van der Waals surface area contributed by atoms with Crippen molar-refractivity contribution in [2.75, 3.05) is 18.0 Å². The summed E-state index contributed by atoms with van der Waals surface area (Å²) in [5, 5.41) is 13.5. The van der Waals surface area contributed by atoms with Gasteiger partial charge in [-0.05, 0) is 75.6 Å². The number of phenols is 1. The standard InChI is InChI=1S/C21H27N3O2/c1-4-24(5-2)19-12-10-18(11-13-19)21(26)23-22-16(3)6-7-17-8-14-20(25)15-9-17/h8-15,25H,4-7H2,1-3H3,(H,23,26)/b22-16-. The molecule has 0 atom stereocenters. The number of aryl methyl sites for hydroxylation is 1. The largest absolute Gasteiger partial charge is 0.508 e. The van der Waals surface area contributed by atoms with E-state index in [1.54, 1.807) is 12.1 Å². The summed E-state index contributed by atoms with van der Waals surface area (Å²) in [6.07, 6.45) is 1.55. The number of aromatic hydroxyl groups is 1. The molecule has 0 aromatic heterocycles. The van der Waals surface area contributed by atoms with Gasteiger partial charge in [0.15, 0.2) is 0 Å². The first-order valence-electron chi connectivity index (χ1n) is 9.00. The number of benzene rings is 2. The van der Waals surface area contributed by atoms with Crippen LogP contribution in [-0.4, -0.2) is 29.8 Å². The Morgan fingerprint density at radius 1 is 1.04 bits per heavy atom. The predicted octanol–water partition coefficient (Wildman–Crippen LogP) is 3.98. The van der Waals surface area contributed by atoms with Gasteiger partial charge in [-0.25, -0.2) is 5.43 Å². The van der Waals surface area contributed by atoms with Crippen LogP contribution in [0.5, 0.6) is 5.75 Å². The molecule has 0 radical (unpaired) electrons. The van der Waals surface area contributed by atoms with E-state index >= 15 is 0 Å². The van der Waals surface area contributed by atoms with E-state index in [-0.39, 0.29) is 11.7 Å². The highest BCUT2D eigenvalue weighted by Gasteiger charge is 2.07. The summed E-state index contributed by atoms with van der Waals surface area (Å²) in [5.74, 6) is 0.0542. The van der Waals surface area contributed by atoms with E-state index in [0.29, 0.717) is 5.56 Å². The van der Waals surface area contributed by atoms with Gasteiger partial charge in [-0.1, -0.05) is 12.1 Å². The Kier molecular flexibility index (Phi) is 7.21. The van der Waals surface area contributed by atoms with E-state index in [1.807, 2.05) is 43.3 Å². The van der Waals surface area contributed by atoms with Gasteiger partial charge >= 0.3 is 0 Å². The van der Waals surface area contributed by atoms with Gasteiger partial charge in [-0.3, -0.25) is 4.79 Å². The van der Waals surface area contributed by atoms with Crippen LogP contribution in [0.2, 0.25) is 0 Å². The molecule has 0 bridgehead atoms. The maximum Gasteiger partial charge on any atom is 0.271 e. The summed E-state index contributed by atoms with van der Waals surface area (Å²) in [4.78, 5) is 14.5. The summed E-state index contributed by atoms with van der Waals surface area (Å²) in [6, 6.07) is 14.7. The Morgan fingerprint density at radius 2 is 1.65 bits per heavy atom. The maximum atomic E-state index is 12.2. The summed E-state index contributed by atoms with van der Waals surface area (Å²) < 4.78 is 0. The molecule has 1 amide bonds. The third-order valence-corrected chi connectivity index (χ3v) is 4.32. The van der Waals surface area contributed by atoms with E-state index in [0.717, 1.165) is 42.9 Å². The molecule has 0 spiro atoms. The average molecular weight is 353 g/mol. The molecule has 0 aliphatic heterocycles. The molecule has 26 heavy (non-hydrogen) atoms. The van der Waals surface area contributed by atoms with Gasteiger partial charge in [0.05, 0.1) is 0 Å². The highest BCUT2D eigenvalue weighted by atomic mass is 16.3. The van der Waals surface area contributed by atoms with Crippen molar-refractivity contribution in [1.29, 1.82) is 0 Å². The van der Waals surface area contributed by atoms with Crippen molar-refractivity contribution in [3.05, 3.63) is 59.7 Å². The van der Waals surface area contributed by atoms with E-state index in [1.165, 1.54) is 0 Å². The number of anilines is 1. The summed E-state index contributed by atoms with van der Waals surface area (Å²) in [5.41, 5.74) is 6.29. The molecule has 0 aliphatic carbocycles. The lowest BCUT2D eigenvalue weighted by molar-refractivity contribution is 0.0954. The second-order valence-electron chi connectivity index (χ2n) is 6.17. The molecule has 0 aliphatic rings. The molecular formula is C21H27N3O2. The number of phenolic OH excluding ortho intramolecular Hbond substituents is 1. The molecule has 0 saturated heterocycles. The Balaban J connectivity index is 1.88. The zero-order chi connectivity index (χ0) is 18.9. The number of rotatable bonds is 8.